The molecule has 0 N–H and O–H groups in total. The number of hydrogen-bond acceptors (Lipinski definition) is 7. The molecule has 0 aliphatic carbocycles. The van der Waals surface area contributed by atoms with Crippen LogP contribution >= 0.6 is 0 Å². The molecule has 0 bridgehead atoms. The molecule has 0 radical (unpaired) electrons. The number of carbonyl (C=O) groups excluding carboxylic acids is 4. The zero-order valence-corrected chi connectivity index (χ0v) is 17.9. The number of nitrogens with zero attached hydrogens (tertiary/aromatic N) is 1. The molecule has 1 heterocycles. The van der Waals surface area contributed by atoms with Crippen LogP contribution in [0.5, 0.6) is 5.75 Å². The Morgan fingerprint density at radius 3 is 2.50 bits per heavy atom. The van der Waals surface area contributed by atoms with Gasteiger partial charge in [0.15, 0.2) is 12.4 Å². The average molecular weight is 419 g/mol. The maximum absolute atomic E-state index is 12.6. The molecule has 1 aliphatic rings. The number of carbonyl (C=O) groups is 4. The third kappa shape index (κ3) is 5.81. The van der Waals surface area contributed by atoms with Crippen molar-refractivity contribution in [2.75, 3.05) is 24.7 Å². The lowest BCUT2D eigenvalue weighted by Gasteiger charge is -2.34. The number of ketones is 1. The molecule has 1 aromatic carbocycles. The topological polar surface area (TPSA) is 99.2 Å². The van der Waals surface area contributed by atoms with Crippen LogP contribution in [0.3, 0.4) is 0 Å². The molecule has 0 saturated carbocycles. The van der Waals surface area contributed by atoms with Crippen LogP contribution < -0.4 is 9.64 Å². The van der Waals surface area contributed by atoms with Crippen LogP contribution in [0, 0.1) is 5.92 Å². The van der Waals surface area contributed by atoms with Gasteiger partial charge in [0, 0.05) is 12.0 Å². The number of amides is 1. The van der Waals surface area contributed by atoms with Crippen molar-refractivity contribution < 1.29 is 33.4 Å². The van der Waals surface area contributed by atoms with Crippen molar-refractivity contribution in [2.24, 2.45) is 5.92 Å². The van der Waals surface area contributed by atoms with Crippen LogP contribution in [-0.4, -0.2) is 49.5 Å². The molecule has 164 valence electrons. The van der Waals surface area contributed by atoms with E-state index in [1.54, 1.807) is 26.0 Å². The Labute approximate surface area is 176 Å². The van der Waals surface area contributed by atoms with Crippen LogP contribution in [0.25, 0.3) is 0 Å². The quantitative estimate of drug-likeness (QED) is 0.425. The molecule has 1 atom stereocenters. The number of benzene rings is 1. The third-order valence-electron chi connectivity index (χ3n) is 4.55. The molecule has 8 nitrogen and oxygen atoms in total. The number of fused-ring (bicyclic) bond motifs is 1. The Hall–Kier alpha value is -2.90. The van der Waals surface area contributed by atoms with Gasteiger partial charge in [-0.1, -0.05) is 20.8 Å². The fraction of sp³-hybridized carbons (Fsp3) is 0.545. The summed E-state index contributed by atoms with van der Waals surface area (Å²) in [7, 11) is 0. The van der Waals surface area contributed by atoms with Crippen molar-refractivity contribution in [3.8, 4) is 5.75 Å². The Kier molecular flexibility index (Phi) is 8.38. The van der Waals surface area contributed by atoms with Crippen molar-refractivity contribution >= 4 is 29.3 Å². The smallest absolute Gasteiger partial charge is 0.329 e. The number of ether oxygens (including phenoxy) is 3. The molecule has 1 aromatic rings. The summed E-state index contributed by atoms with van der Waals surface area (Å²) < 4.78 is 15.7. The SMILES string of the molecule is CCOC(=O)CCC(=O)c1ccc2c(c1)N(C(CC)C(=O)OCC(C)C)C(=O)CO2. The molecule has 0 aromatic heterocycles. The van der Waals surface area contributed by atoms with E-state index in [0.29, 0.717) is 23.4 Å². The van der Waals surface area contributed by atoms with Crippen LogP contribution in [0.15, 0.2) is 18.2 Å². The van der Waals surface area contributed by atoms with Gasteiger partial charge in [-0.25, -0.2) is 4.79 Å². The molecule has 1 aliphatic heterocycles. The van der Waals surface area contributed by atoms with Crippen LogP contribution in [0.2, 0.25) is 0 Å². The van der Waals surface area contributed by atoms with Gasteiger partial charge in [-0.2, -0.15) is 0 Å². The summed E-state index contributed by atoms with van der Waals surface area (Å²) in [6.07, 6.45) is 0.311. The van der Waals surface area contributed by atoms with E-state index >= 15 is 0 Å². The molecule has 1 unspecified atom stereocenters. The van der Waals surface area contributed by atoms with E-state index in [2.05, 4.69) is 0 Å². The van der Waals surface area contributed by atoms with Crippen molar-refractivity contribution in [3.63, 3.8) is 0 Å². The lowest BCUT2D eigenvalue weighted by Crippen LogP contribution is -2.50. The summed E-state index contributed by atoms with van der Waals surface area (Å²) in [5.41, 5.74) is 0.674. The maximum atomic E-state index is 12.6. The van der Waals surface area contributed by atoms with E-state index in [1.807, 2.05) is 13.8 Å². The van der Waals surface area contributed by atoms with Gasteiger partial charge < -0.3 is 14.2 Å². The van der Waals surface area contributed by atoms with E-state index < -0.39 is 18.0 Å². The van der Waals surface area contributed by atoms with Crippen molar-refractivity contribution in [1.29, 1.82) is 0 Å². The fourth-order valence-corrected chi connectivity index (χ4v) is 3.08. The number of Topliss-reactive ketones (excluding diaryl/α,β-unsaturated/α-hetero) is 1. The van der Waals surface area contributed by atoms with Gasteiger partial charge in [-0.05, 0) is 37.5 Å². The van der Waals surface area contributed by atoms with E-state index in [0.717, 1.165) is 0 Å². The number of anilines is 1. The highest BCUT2D eigenvalue weighted by Gasteiger charge is 2.36. The minimum absolute atomic E-state index is 0.0138. The summed E-state index contributed by atoms with van der Waals surface area (Å²) in [5.74, 6) is -1.00. The summed E-state index contributed by atoms with van der Waals surface area (Å²) >= 11 is 0. The largest absolute Gasteiger partial charge is 0.482 e. The summed E-state index contributed by atoms with van der Waals surface area (Å²) in [5, 5.41) is 0. The Morgan fingerprint density at radius 1 is 1.13 bits per heavy atom. The Bertz CT molecular complexity index is 803. The first-order chi connectivity index (χ1) is 14.3. The molecule has 8 heteroatoms. The monoisotopic (exact) mass is 419 g/mol. The van der Waals surface area contributed by atoms with Gasteiger partial charge in [0.2, 0.25) is 0 Å². The molecule has 2 rings (SSSR count). The fourth-order valence-electron chi connectivity index (χ4n) is 3.08. The summed E-state index contributed by atoms with van der Waals surface area (Å²) in [4.78, 5) is 50.6. The molecular formula is C22H29NO7. The van der Waals surface area contributed by atoms with Crippen molar-refractivity contribution in [3.05, 3.63) is 23.8 Å². The first-order valence-corrected chi connectivity index (χ1v) is 10.2. The van der Waals surface area contributed by atoms with Gasteiger partial charge in [0.1, 0.15) is 11.8 Å². The average Bonchev–Trinajstić information content (AvgIpc) is 2.72. The third-order valence-corrected chi connectivity index (χ3v) is 4.55. The molecule has 0 spiro atoms. The maximum Gasteiger partial charge on any atom is 0.329 e. The summed E-state index contributed by atoms with van der Waals surface area (Å²) in [6.45, 7) is 7.66. The van der Waals surface area contributed by atoms with Gasteiger partial charge >= 0.3 is 11.9 Å². The number of esters is 2. The Balaban J connectivity index is 2.26. The highest BCUT2D eigenvalue weighted by molar-refractivity contribution is 6.05. The van der Waals surface area contributed by atoms with Crippen LogP contribution in [-0.2, 0) is 23.9 Å². The van der Waals surface area contributed by atoms with Gasteiger partial charge in [-0.3, -0.25) is 19.3 Å². The van der Waals surface area contributed by atoms with Crippen LogP contribution in [0.1, 0.15) is 57.3 Å². The second kappa shape index (κ2) is 10.8. The minimum atomic E-state index is -0.816. The molecule has 0 fully saturated rings. The normalized spacial score (nSPS) is 14.0. The standard InChI is InChI=1S/C22H29NO7/c1-5-16(22(27)30-12-14(3)4)23-17-11-15(7-9-19(17)29-13-20(23)25)18(24)8-10-21(26)28-6-2/h7,9,11,14,16H,5-6,8,10,12-13H2,1-4H3. The second-order valence-electron chi connectivity index (χ2n) is 7.41. The zero-order chi connectivity index (χ0) is 22.3. The van der Waals surface area contributed by atoms with Gasteiger partial charge in [0.25, 0.3) is 5.91 Å². The Morgan fingerprint density at radius 2 is 1.87 bits per heavy atom. The highest BCUT2D eigenvalue weighted by Crippen LogP contribution is 2.35. The van der Waals surface area contributed by atoms with E-state index in [1.165, 1.54) is 11.0 Å². The second-order valence-corrected chi connectivity index (χ2v) is 7.41. The van der Waals surface area contributed by atoms with Gasteiger partial charge in [0.05, 0.1) is 25.3 Å². The first kappa shape index (κ1) is 23.4. The molecule has 0 saturated heterocycles. The zero-order valence-electron chi connectivity index (χ0n) is 17.9. The predicted molar refractivity (Wildman–Crippen MR) is 109 cm³/mol. The minimum Gasteiger partial charge on any atom is -0.482 e. The van der Waals surface area contributed by atoms with Gasteiger partial charge in [-0.15, -0.1) is 0 Å². The first-order valence-electron chi connectivity index (χ1n) is 10.2. The number of hydrogen-bond donors (Lipinski definition) is 0. The van der Waals surface area contributed by atoms with E-state index in [-0.39, 0.29) is 50.3 Å². The molecule has 30 heavy (non-hydrogen) atoms. The van der Waals surface area contributed by atoms with E-state index in [4.69, 9.17) is 14.2 Å². The highest BCUT2D eigenvalue weighted by atomic mass is 16.5. The lowest BCUT2D eigenvalue weighted by molar-refractivity contribution is -0.147. The van der Waals surface area contributed by atoms with Crippen LogP contribution in [0.4, 0.5) is 5.69 Å². The summed E-state index contributed by atoms with van der Waals surface area (Å²) in [6, 6.07) is 3.89. The lowest BCUT2D eigenvalue weighted by atomic mass is 10.0. The predicted octanol–water partition coefficient (Wildman–Crippen LogP) is 2.92. The number of rotatable bonds is 10. The van der Waals surface area contributed by atoms with Crippen molar-refractivity contribution in [1.82, 2.24) is 0 Å². The van der Waals surface area contributed by atoms with E-state index in [9.17, 15) is 19.2 Å². The molecule has 1 amide bonds. The molecular weight excluding hydrogens is 390 g/mol. The van der Waals surface area contributed by atoms with Crippen molar-refractivity contribution in [2.45, 2.75) is 53.0 Å².